The minimum Gasteiger partial charge on any atom is -0.487 e. The molecule has 4 rings (SSSR count). The number of nitrogens with one attached hydrogen (secondary N) is 1. The molecule has 35 heavy (non-hydrogen) atoms. The summed E-state index contributed by atoms with van der Waals surface area (Å²) >= 11 is 0. The predicted molar refractivity (Wildman–Crippen MR) is 119 cm³/mol. The van der Waals surface area contributed by atoms with Crippen LogP contribution in [0.3, 0.4) is 0 Å². The van der Waals surface area contributed by atoms with Gasteiger partial charge in [0, 0.05) is 23.9 Å². The van der Waals surface area contributed by atoms with Crippen LogP contribution in [0.25, 0.3) is 10.9 Å². The Bertz CT molecular complexity index is 1330. The number of halogens is 3. The van der Waals surface area contributed by atoms with Crippen LogP contribution in [0.4, 0.5) is 24.7 Å². The van der Waals surface area contributed by atoms with Crippen LogP contribution in [0.5, 0.6) is 5.75 Å². The molecule has 0 aliphatic carbocycles. The molecule has 0 bridgehead atoms. The molecular formula is C23H20F3N5O4. The van der Waals surface area contributed by atoms with Crippen molar-refractivity contribution in [3.8, 4) is 11.8 Å². The molecule has 1 N–H and O–H groups in total. The van der Waals surface area contributed by atoms with Gasteiger partial charge in [0.1, 0.15) is 29.6 Å². The lowest BCUT2D eigenvalue weighted by molar-refractivity contribution is -0.385. The van der Waals surface area contributed by atoms with Gasteiger partial charge in [-0.05, 0) is 37.6 Å². The molecule has 0 saturated carbocycles. The Hall–Kier alpha value is -3.98. The highest BCUT2D eigenvalue weighted by Crippen LogP contribution is 2.36. The van der Waals surface area contributed by atoms with Crippen LogP contribution in [0, 0.1) is 28.4 Å². The Kier molecular flexibility index (Phi) is 6.45. The number of non-ortho nitro benzene ring substituents is 1. The average Bonchev–Trinajstić information content (AvgIpc) is 3.31. The molecule has 0 radical (unpaired) electrons. The molecule has 1 fully saturated rings. The van der Waals surface area contributed by atoms with E-state index in [1.54, 1.807) is 26.0 Å². The van der Waals surface area contributed by atoms with Crippen molar-refractivity contribution in [2.45, 2.75) is 38.6 Å². The molecule has 1 aliphatic rings. The Morgan fingerprint density at radius 3 is 2.69 bits per heavy atom. The molecule has 2 heterocycles. The number of anilines is 1. The summed E-state index contributed by atoms with van der Waals surface area (Å²) in [6.45, 7) is 4.15. The molecule has 1 aromatic heterocycles. The number of nitro groups is 1. The first-order valence-corrected chi connectivity index (χ1v) is 10.6. The van der Waals surface area contributed by atoms with E-state index in [4.69, 9.17) is 9.47 Å². The summed E-state index contributed by atoms with van der Waals surface area (Å²) in [5.74, 6) is 0.967. The zero-order valence-corrected chi connectivity index (χ0v) is 18.7. The van der Waals surface area contributed by atoms with Gasteiger partial charge in [0.25, 0.3) is 5.69 Å². The van der Waals surface area contributed by atoms with E-state index in [1.807, 2.05) is 0 Å². The zero-order valence-electron chi connectivity index (χ0n) is 18.7. The Balaban J connectivity index is 1.75. The van der Waals surface area contributed by atoms with Crippen molar-refractivity contribution < 1.29 is 27.6 Å². The monoisotopic (exact) mass is 487 g/mol. The van der Waals surface area contributed by atoms with E-state index in [1.165, 1.54) is 0 Å². The molecule has 3 aromatic rings. The maximum Gasteiger partial charge on any atom is 0.416 e. The smallest absolute Gasteiger partial charge is 0.416 e. The maximum atomic E-state index is 13.3. The number of nitrogens with zero attached hydrogens (tertiary/aromatic N) is 4. The number of nitriles is 1. The Labute approximate surface area is 197 Å². The van der Waals surface area contributed by atoms with Crippen LogP contribution >= 0.6 is 0 Å². The van der Waals surface area contributed by atoms with Crippen LogP contribution < -0.4 is 10.1 Å². The highest BCUT2D eigenvalue weighted by Gasteiger charge is 2.33. The molecule has 9 nitrogen and oxygen atoms in total. The van der Waals surface area contributed by atoms with E-state index < -0.39 is 28.4 Å². The fourth-order valence-electron chi connectivity index (χ4n) is 3.79. The number of aryl methyl sites for hydroxylation is 1. The van der Waals surface area contributed by atoms with E-state index in [0.29, 0.717) is 48.2 Å². The average molecular weight is 487 g/mol. The van der Waals surface area contributed by atoms with Crippen molar-refractivity contribution in [1.29, 1.82) is 5.26 Å². The number of hydrogen-bond acceptors (Lipinski definition) is 8. The number of fused-ring (bicyclic) bond motifs is 1. The molecule has 0 unspecified atom stereocenters. The van der Waals surface area contributed by atoms with Crippen LogP contribution in [-0.4, -0.2) is 34.2 Å². The maximum absolute atomic E-state index is 13.3. The Morgan fingerprint density at radius 1 is 1.29 bits per heavy atom. The lowest BCUT2D eigenvalue weighted by atomic mass is 10.0. The third kappa shape index (κ3) is 5.25. The minimum absolute atomic E-state index is 0.0594. The predicted octanol–water partition coefficient (Wildman–Crippen LogP) is 5.08. The summed E-state index contributed by atoms with van der Waals surface area (Å²) < 4.78 is 51.3. The van der Waals surface area contributed by atoms with E-state index in [-0.39, 0.29) is 23.0 Å². The SMILES string of the molecule is Cc1nc(N[C@H](C)c2cc([N+](=O)[O-])cc(C(F)(F)F)c2)c2cc(O[C@H]3CCOC3)c(C#N)cc2n1. The summed E-state index contributed by atoms with van der Waals surface area (Å²) in [4.78, 5) is 19.1. The van der Waals surface area contributed by atoms with Gasteiger partial charge in [-0.25, -0.2) is 9.97 Å². The van der Waals surface area contributed by atoms with Gasteiger partial charge < -0.3 is 14.8 Å². The first-order chi connectivity index (χ1) is 16.5. The molecule has 0 amide bonds. The second kappa shape index (κ2) is 9.34. The number of hydrogen-bond donors (Lipinski definition) is 1. The zero-order chi connectivity index (χ0) is 25.3. The van der Waals surface area contributed by atoms with Crippen LogP contribution in [0.15, 0.2) is 30.3 Å². The topological polar surface area (TPSA) is 123 Å². The largest absolute Gasteiger partial charge is 0.487 e. The van der Waals surface area contributed by atoms with E-state index in [2.05, 4.69) is 21.4 Å². The summed E-state index contributed by atoms with van der Waals surface area (Å²) in [5.41, 5.74) is -1.01. The molecule has 2 aromatic carbocycles. The normalized spacial score (nSPS) is 16.6. The van der Waals surface area contributed by atoms with Crippen molar-refractivity contribution in [3.63, 3.8) is 0 Å². The highest BCUT2D eigenvalue weighted by atomic mass is 19.4. The first kappa shape index (κ1) is 24.2. The second-order valence-electron chi connectivity index (χ2n) is 8.13. The molecule has 182 valence electrons. The van der Waals surface area contributed by atoms with Crippen molar-refractivity contribution in [3.05, 3.63) is 63.0 Å². The fourth-order valence-corrected chi connectivity index (χ4v) is 3.79. The van der Waals surface area contributed by atoms with E-state index in [9.17, 15) is 28.5 Å². The summed E-state index contributed by atoms with van der Waals surface area (Å²) in [6, 6.07) is 6.92. The molecule has 1 aliphatic heterocycles. The fraction of sp³-hybridized carbons (Fsp3) is 0.348. The minimum atomic E-state index is -4.75. The Morgan fingerprint density at radius 2 is 2.06 bits per heavy atom. The van der Waals surface area contributed by atoms with Crippen LogP contribution in [0.2, 0.25) is 0 Å². The van der Waals surface area contributed by atoms with Gasteiger partial charge in [-0.15, -0.1) is 0 Å². The standard InChI is InChI=1S/C23H20F3N5O4/c1-12(14-5-16(23(24,25)26)8-17(6-14)31(32)33)28-22-19-9-21(35-18-3-4-34-11-18)15(10-27)7-20(19)29-13(2)30-22/h5-9,12,18H,3-4,11H2,1-2H3,(H,28,29,30)/t12-,18+/m1/s1. The summed E-state index contributed by atoms with van der Waals surface area (Å²) in [6.07, 6.45) is -4.29. The van der Waals surface area contributed by atoms with Gasteiger partial charge in [0.05, 0.1) is 40.8 Å². The highest BCUT2D eigenvalue weighted by molar-refractivity contribution is 5.91. The number of alkyl halides is 3. The summed E-state index contributed by atoms with van der Waals surface area (Å²) in [5, 5.41) is 24.3. The van der Waals surface area contributed by atoms with Crippen molar-refractivity contribution in [2.24, 2.45) is 0 Å². The van der Waals surface area contributed by atoms with Gasteiger partial charge in [-0.2, -0.15) is 18.4 Å². The molecule has 1 saturated heterocycles. The lowest BCUT2D eigenvalue weighted by Crippen LogP contribution is -2.16. The van der Waals surface area contributed by atoms with E-state index in [0.717, 1.165) is 12.1 Å². The van der Waals surface area contributed by atoms with Crippen molar-refractivity contribution in [1.82, 2.24) is 9.97 Å². The number of aromatic nitrogens is 2. The third-order valence-corrected chi connectivity index (χ3v) is 5.54. The van der Waals surface area contributed by atoms with Crippen LogP contribution in [-0.2, 0) is 10.9 Å². The van der Waals surface area contributed by atoms with Crippen molar-refractivity contribution >= 4 is 22.4 Å². The van der Waals surface area contributed by atoms with Gasteiger partial charge >= 0.3 is 6.18 Å². The molecular weight excluding hydrogens is 467 g/mol. The van der Waals surface area contributed by atoms with E-state index >= 15 is 0 Å². The number of rotatable bonds is 6. The third-order valence-electron chi connectivity index (χ3n) is 5.54. The first-order valence-electron chi connectivity index (χ1n) is 10.6. The number of nitro benzene ring substituents is 1. The van der Waals surface area contributed by atoms with Gasteiger partial charge in [-0.3, -0.25) is 10.1 Å². The quantitative estimate of drug-likeness (QED) is 0.377. The number of ether oxygens (including phenoxy) is 2. The second-order valence-corrected chi connectivity index (χ2v) is 8.13. The summed E-state index contributed by atoms with van der Waals surface area (Å²) in [7, 11) is 0. The van der Waals surface area contributed by atoms with Gasteiger partial charge in [-0.1, -0.05) is 0 Å². The molecule has 2 atom stereocenters. The van der Waals surface area contributed by atoms with Crippen molar-refractivity contribution in [2.75, 3.05) is 18.5 Å². The van der Waals surface area contributed by atoms with Crippen LogP contribution in [0.1, 0.15) is 41.9 Å². The van der Waals surface area contributed by atoms with Gasteiger partial charge in [0.15, 0.2) is 0 Å². The lowest BCUT2D eigenvalue weighted by Gasteiger charge is -2.19. The number of benzene rings is 2. The molecule has 0 spiro atoms. The van der Waals surface area contributed by atoms with Gasteiger partial charge in [0.2, 0.25) is 0 Å². The molecule has 12 heteroatoms.